The van der Waals surface area contributed by atoms with E-state index in [1.54, 1.807) is 11.1 Å². The molecule has 2 rings (SSSR count). The first-order chi connectivity index (χ1) is 7.35. The minimum Gasteiger partial charge on any atom is -0.313 e. The molecule has 1 nitrogen and oxygen atoms in total. The molecular weight excluding hydrogens is 182 g/mol. The molecule has 0 spiro atoms. The van der Waals surface area contributed by atoms with E-state index in [-0.39, 0.29) is 0 Å². The van der Waals surface area contributed by atoms with Crippen molar-refractivity contribution in [3.63, 3.8) is 0 Å². The van der Waals surface area contributed by atoms with Gasteiger partial charge in [0.2, 0.25) is 0 Å². The van der Waals surface area contributed by atoms with Crippen LogP contribution in [0.25, 0.3) is 0 Å². The van der Waals surface area contributed by atoms with Gasteiger partial charge in [-0.25, -0.2) is 0 Å². The number of aryl methyl sites for hydroxylation is 2. The standard InChI is InChI=1S/C14H21N/c1-3-5-11-8-9-12-6-4-7-14(15-2)13(12)10-11/h8-10,14-15H,3-7H2,1-2H3. The summed E-state index contributed by atoms with van der Waals surface area (Å²) in [5.41, 5.74) is 4.61. The van der Waals surface area contributed by atoms with Crippen LogP contribution in [0.5, 0.6) is 0 Å². The average molecular weight is 203 g/mol. The van der Waals surface area contributed by atoms with Crippen LogP contribution in [-0.4, -0.2) is 7.05 Å². The molecule has 0 amide bonds. The van der Waals surface area contributed by atoms with Gasteiger partial charge in [0.05, 0.1) is 0 Å². The normalized spacial score (nSPS) is 20.0. The second-order valence-electron chi connectivity index (χ2n) is 4.52. The first-order valence-corrected chi connectivity index (χ1v) is 6.14. The third kappa shape index (κ3) is 2.23. The number of nitrogens with one attached hydrogen (secondary N) is 1. The highest BCUT2D eigenvalue weighted by molar-refractivity contribution is 5.36. The van der Waals surface area contributed by atoms with E-state index in [9.17, 15) is 0 Å². The summed E-state index contributed by atoms with van der Waals surface area (Å²) in [6.07, 6.45) is 6.33. The van der Waals surface area contributed by atoms with Gasteiger partial charge in [-0.2, -0.15) is 0 Å². The average Bonchev–Trinajstić information content (AvgIpc) is 2.28. The quantitative estimate of drug-likeness (QED) is 0.795. The van der Waals surface area contributed by atoms with Gasteiger partial charge in [0.25, 0.3) is 0 Å². The zero-order valence-electron chi connectivity index (χ0n) is 9.84. The Morgan fingerprint density at radius 1 is 1.40 bits per heavy atom. The first kappa shape index (κ1) is 10.7. The number of hydrogen-bond acceptors (Lipinski definition) is 1. The lowest BCUT2D eigenvalue weighted by Gasteiger charge is -2.25. The van der Waals surface area contributed by atoms with Crippen LogP contribution in [0.15, 0.2) is 18.2 Å². The molecule has 1 heteroatoms. The topological polar surface area (TPSA) is 12.0 Å². The van der Waals surface area contributed by atoms with Crippen LogP contribution in [0.2, 0.25) is 0 Å². The van der Waals surface area contributed by atoms with Gasteiger partial charge in [0.15, 0.2) is 0 Å². The Hall–Kier alpha value is -0.820. The lowest BCUT2D eigenvalue weighted by Crippen LogP contribution is -2.21. The molecule has 0 aromatic heterocycles. The predicted octanol–water partition coefficient (Wildman–Crippen LogP) is 3.24. The highest BCUT2D eigenvalue weighted by Gasteiger charge is 2.18. The summed E-state index contributed by atoms with van der Waals surface area (Å²) in [6.45, 7) is 2.25. The summed E-state index contributed by atoms with van der Waals surface area (Å²) >= 11 is 0. The maximum absolute atomic E-state index is 3.43. The highest BCUT2D eigenvalue weighted by atomic mass is 14.9. The SMILES string of the molecule is CCCc1ccc2c(c1)C(NC)CCC2. The van der Waals surface area contributed by atoms with Gasteiger partial charge in [0.1, 0.15) is 0 Å². The molecule has 1 unspecified atom stereocenters. The lowest BCUT2D eigenvalue weighted by molar-refractivity contribution is 0.496. The minimum absolute atomic E-state index is 0.588. The molecule has 0 heterocycles. The van der Waals surface area contributed by atoms with E-state index in [4.69, 9.17) is 0 Å². The van der Waals surface area contributed by atoms with Crippen molar-refractivity contribution in [2.24, 2.45) is 0 Å². The van der Waals surface area contributed by atoms with Crippen LogP contribution in [-0.2, 0) is 12.8 Å². The van der Waals surface area contributed by atoms with E-state index in [2.05, 4.69) is 37.5 Å². The summed E-state index contributed by atoms with van der Waals surface area (Å²) in [5, 5.41) is 3.43. The molecule has 1 aromatic rings. The molecule has 0 saturated heterocycles. The molecule has 1 N–H and O–H groups in total. The Morgan fingerprint density at radius 2 is 2.27 bits per heavy atom. The van der Waals surface area contributed by atoms with Crippen molar-refractivity contribution in [2.75, 3.05) is 7.05 Å². The third-order valence-corrected chi connectivity index (χ3v) is 3.41. The number of benzene rings is 1. The van der Waals surface area contributed by atoms with Gasteiger partial charge >= 0.3 is 0 Å². The molecule has 15 heavy (non-hydrogen) atoms. The van der Waals surface area contributed by atoms with Crippen molar-refractivity contribution in [1.29, 1.82) is 0 Å². The van der Waals surface area contributed by atoms with Gasteiger partial charge in [-0.05, 0) is 49.4 Å². The fourth-order valence-corrected chi connectivity index (χ4v) is 2.59. The number of rotatable bonds is 3. The zero-order valence-corrected chi connectivity index (χ0v) is 9.84. The first-order valence-electron chi connectivity index (χ1n) is 6.14. The zero-order chi connectivity index (χ0) is 10.7. The van der Waals surface area contributed by atoms with Crippen molar-refractivity contribution < 1.29 is 0 Å². The Kier molecular flexibility index (Phi) is 3.42. The molecule has 0 radical (unpaired) electrons. The maximum Gasteiger partial charge on any atom is 0.0320 e. The van der Waals surface area contributed by atoms with Gasteiger partial charge in [-0.1, -0.05) is 31.5 Å². The monoisotopic (exact) mass is 203 g/mol. The molecule has 0 bridgehead atoms. The summed E-state index contributed by atoms with van der Waals surface area (Å²) in [4.78, 5) is 0. The smallest absolute Gasteiger partial charge is 0.0320 e. The van der Waals surface area contributed by atoms with E-state index in [1.807, 2.05) is 0 Å². The molecule has 1 aliphatic carbocycles. The molecule has 1 atom stereocenters. The van der Waals surface area contributed by atoms with Gasteiger partial charge in [-0.3, -0.25) is 0 Å². The second kappa shape index (κ2) is 4.80. The highest BCUT2D eigenvalue weighted by Crippen LogP contribution is 2.30. The molecule has 0 aliphatic heterocycles. The fourth-order valence-electron chi connectivity index (χ4n) is 2.59. The van der Waals surface area contributed by atoms with E-state index >= 15 is 0 Å². The van der Waals surface area contributed by atoms with Crippen molar-refractivity contribution >= 4 is 0 Å². The van der Waals surface area contributed by atoms with Crippen LogP contribution in [0.4, 0.5) is 0 Å². The maximum atomic E-state index is 3.43. The molecular formula is C14H21N. The van der Waals surface area contributed by atoms with E-state index in [0.29, 0.717) is 6.04 Å². The van der Waals surface area contributed by atoms with Crippen LogP contribution < -0.4 is 5.32 Å². The van der Waals surface area contributed by atoms with Crippen LogP contribution in [0.1, 0.15) is 48.9 Å². The number of hydrogen-bond donors (Lipinski definition) is 1. The Morgan fingerprint density at radius 3 is 3.00 bits per heavy atom. The Labute approximate surface area is 92.9 Å². The van der Waals surface area contributed by atoms with Crippen LogP contribution in [0.3, 0.4) is 0 Å². The molecule has 1 aliphatic rings. The minimum atomic E-state index is 0.588. The van der Waals surface area contributed by atoms with Gasteiger partial charge in [0, 0.05) is 6.04 Å². The van der Waals surface area contributed by atoms with Crippen LogP contribution in [0, 0.1) is 0 Å². The largest absolute Gasteiger partial charge is 0.313 e. The summed E-state index contributed by atoms with van der Waals surface area (Å²) in [7, 11) is 2.08. The van der Waals surface area contributed by atoms with Gasteiger partial charge < -0.3 is 5.32 Å². The van der Waals surface area contributed by atoms with E-state index < -0.39 is 0 Å². The Bertz CT molecular complexity index is 330. The van der Waals surface area contributed by atoms with E-state index in [0.717, 1.165) is 0 Å². The van der Waals surface area contributed by atoms with Crippen LogP contribution >= 0.6 is 0 Å². The summed E-state index contributed by atoms with van der Waals surface area (Å²) in [6, 6.07) is 7.65. The Balaban J connectivity index is 2.30. The molecule has 0 saturated carbocycles. The van der Waals surface area contributed by atoms with E-state index in [1.165, 1.54) is 37.7 Å². The van der Waals surface area contributed by atoms with Crippen molar-refractivity contribution in [3.8, 4) is 0 Å². The molecule has 82 valence electrons. The molecule has 1 aromatic carbocycles. The predicted molar refractivity (Wildman–Crippen MR) is 65.2 cm³/mol. The second-order valence-corrected chi connectivity index (χ2v) is 4.52. The molecule has 0 fully saturated rings. The third-order valence-electron chi connectivity index (χ3n) is 3.41. The summed E-state index contributed by atoms with van der Waals surface area (Å²) < 4.78 is 0. The fraction of sp³-hybridized carbons (Fsp3) is 0.571. The summed E-state index contributed by atoms with van der Waals surface area (Å²) in [5.74, 6) is 0. The van der Waals surface area contributed by atoms with Crippen molar-refractivity contribution in [2.45, 2.75) is 45.1 Å². The lowest BCUT2D eigenvalue weighted by atomic mass is 9.86. The van der Waals surface area contributed by atoms with Crippen molar-refractivity contribution in [1.82, 2.24) is 5.32 Å². The van der Waals surface area contributed by atoms with Crippen molar-refractivity contribution in [3.05, 3.63) is 34.9 Å². The van der Waals surface area contributed by atoms with Gasteiger partial charge in [-0.15, -0.1) is 0 Å². The number of fused-ring (bicyclic) bond motifs is 1.